The number of anilines is 1. The highest BCUT2D eigenvalue weighted by molar-refractivity contribution is 7.85. The van der Waals surface area contributed by atoms with Crippen LogP contribution in [0.4, 0.5) is 5.69 Å². The van der Waals surface area contributed by atoms with E-state index in [1.807, 2.05) is 0 Å². The Morgan fingerprint density at radius 1 is 1.20 bits per heavy atom. The maximum Gasteiger partial charge on any atom is 0.294 e. The first kappa shape index (κ1) is 15.2. The van der Waals surface area contributed by atoms with E-state index in [1.165, 1.54) is 12.1 Å². The molecule has 0 atom stereocenters. The second-order valence-corrected chi connectivity index (χ2v) is 6.16. The van der Waals surface area contributed by atoms with E-state index in [-0.39, 0.29) is 4.90 Å². The second kappa shape index (κ2) is 7.03. The fraction of sp³-hybridized carbons (Fsp3) is 0.538. The predicted octanol–water partition coefficient (Wildman–Crippen LogP) is 1.07. The van der Waals surface area contributed by atoms with Crippen molar-refractivity contribution in [2.45, 2.75) is 11.3 Å². The zero-order valence-corrected chi connectivity index (χ0v) is 12.1. The lowest BCUT2D eigenvalue weighted by Crippen LogP contribution is -2.37. The first-order chi connectivity index (χ1) is 9.55. The van der Waals surface area contributed by atoms with Crippen molar-refractivity contribution in [2.75, 3.05) is 44.7 Å². The van der Waals surface area contributed by atoms with Crippen molar-refractivity contribution in [3.63, 3.8) is 0 Å². The van der Waals surface area contributed by atoms with Gasteiger partial charge in [0, 0.05) is 25.3 Å². The molecule has 6 nitrogen and oxygen atoms in total. The van der Waals surface area contributed by atoms with E-state index in [0.29, 0.717) is 0 Å². The van der Waals surface area contributed by atoms with Gasteiger partial charge in [0.2, 0.25) is 0 Å². The molecule has 1 aromatic rings. The van der Waals surface area contributed by atoms with Gasteiger partial charge in [0.15, 0.2) is 0 Å². The van der Waals surface area contributed by atoms with E-state index in [1.54, 1.807) is 12.1 Å². The average Bonchev–Trinajstić information content (AvgIpc) is 2.44. The van der Waals surface area contributed by atoms with Crippen molar-refractivity contribution in [1.29, 1.82) is 0 Å². The molecule has 7 heteroatoms. The number of benzene rings is 1. The summed E-state index contributed by atoms with van der Waals surface area (Å²) in [5.41, 5.74) is 0.847. The summed E-state index contributed by atoms with van der Waals surface area (Å²) in [5.74, 6) is 0. The van der Waals surface area contributed by atoms with E-state index in [0.717, 1.165) is 51.5 Å². The standard InChI is InChI=1S/C13H20N2O4S/c16-20(17,18)13-4-2-12(3-5-13)14-6-1-7-15-8-10-19-11-9-15/h2-5,14H,1,6-11H2,(H,16,17,18). The molecule has 0 saturated carbocycles. The molecule has 1 aliphatic rings. The highest BCUT2D eigenvalue weighted by Gasteiger charge is 2.10. The molecule has 1 heterocycles. The monoisotopic (exact) mass is 300 g/mol. The second-order valence-electron chi connectivity index (χ2n) is 4.73. The molecule has 1 aliphatic heterocycles. The molecule has 0 unspecified atom stereocenters. The van der Waals surface area contributed by atoms with Gasteiger partial charge in [-0.15, -0.1) is 0 Å². The Hall–Kier alpha value is -1.15. The Morgan fingerprint density at radius 2 is 1.85 bits per heavy atom. The molecule has 2 N–H and O–H groups in total. The number of hydrogen-bond donors (Lipinski definition) is 2. The number of rotatable bonds is 6. The van der Waals surface area contributed by atoms with Crippen molar-refractivity contribution in [3.05, 3.63) is 24.3 Å². The zero-order chi connectivity index (χ0) is 14.4. The molecule has 0 radical (unpaired) electrons. The molecule has 0 amide bonds. The quantitative estimate of drug-likeness (QED) is 0.604. The molecule has 0 bridgehead atoms. The van der Waals surface area contributed by atoms with Gasteiger partial charge in [-0.05, 0) is 37.2 Å². The third-order valence-corrected chi connectivity index (χ3v) is 4.10. The molecule has 1 saturated heterocycles. The first-order valence-corrected chi connectivity index (χ1v) is 8.11. The summed E-state index contributed by atoms with van der Waals surface area (Å²) in [7, 11) is -4.11. The van der Waals surface area contributed by atoms with Gasteiger partial charge in [-0.3, -0.25) is 9.45 Å². The largest absolute Gasteiger partial charge is 0.385 e. The summed E-state index contributed by atoms with van der Waals surface area (Å²) in [6, 6.07) is 6.08. The van der Waals surface area contributed by atoms with Crippen LogP contribution in [0.2, 0.25) is 0 Å². The molecular weight excluding hydrogens is 280 g/mol. The van der Waals surface area contributed by atoms with E-state index in [9.17, 15) is 8.42 Å². The van der Waals surface area contributed by atoms with Gasteiger partial charge in [-0.2, -0.15) is 8.42 Å². The van der Waals surface area contributed by atoms with Gasteiger partial charge in [0.1, 0.15) is 0 Å². The SMILES string of the molecule is O=S(=O)(O)c1ccc(NCCCN2CCOCC2)cc1. The lowest BCUT2D eigenvalue weighted by molar-refractivity contribution is 0.0378. The van der Waals surface area contributed by atoms with Gasteiger partial charge in [0.05, 0.1) is 18.1 Å². The Balaban J connectivity index is 1.71. The molecule has 2 rings (SSSR count). The first-order valence-electron chi connectivity index (χ1n) is 6.67. The van der Waals surface area contributed by atoms with Gasteiger partial charge in [-0.1, -0.05) is 0 Å². The number of hydrogen-bond acceptors (Lipinski definition) is 5. The van der Waals surface area contributed by atoms with E-state index in [2.05, 4.69) is 10.2 Å². The van der Waals surface area contributed by atoms with Gasteiger partial charge in [0.25, 0.3) is 10.1 Å². The Bertz CT molecular complexity index is 510. The molecule has 0 aliphatic carbocycles. The molecule has 1 fully saturated rings. The summed E-state index contributed by atoms with van der Waals surface area (Å²) in [6.07, 6.45) is 1.01. The summed E-state index contributed by atoms with van der Waals surface area (Å²) >= 11 is 0. The minimum absolute atomic E-state index is 0.0867. The fourth-order valence-electron chi connectivity index (χ4n) is 2.10. The topological polar surface area (TPSA) is 78.9 Å². The predicted molar refractivity (Wildman–Crippen MR) is 76.6 cm³/mol. The van der Waals surface area contributed by atoms with Crippen LogP contribution in [0.25, 0.3) is 0 Å². The number of nitrogens with zero attached hydrogens (tertiary/aromatic N) is 1. The molecule has 0 spiro atoms. The molecule has 112 valence electrons. The summed E-state index contributed by atoms with van der Waals surface area (Å²) in [6.45, 7) is 5.45. The van der Waals surface area contributed by atoms with Crippen LogP contribution < -0.4 is 5.32 Å². The van der Waals surface area contributed by atoms with Gasteiger partial charge >= 0.3 is 0 Å². The van der Waals surface area contributed by atoms with Gasteiger partial charge < -0.3 is 10.1 Å². The average molecular weight is 300 g/mol. The van der Waals surface area contributed by atoms with Crippen LogP contribution in [-0.2, 0) is 14.9 Å². The normalized spacial score (nSPS) is 17.1. The van der Waals surface area contributed by atoms with Crippen molar-refractivity contribution < 1.29 is 17.7 Å². The molecule has 0 aromatic heterocycles. The van der Waals surface area contributed by atoms with E-state index in [4.69, 9.17) is 9.29 Å². The van der Waals surface area contributed by atoms with Crippen LogP contribution in [0.5, 0.6) is 0 Å². The van der Waals surface area contributed by atoms with E-state index >= 15 is 0 Å². The lowest BCUT2D eigenvalue weighted by atomic mass is 10.3. The Kier molecular flexibility index (Phi) is 5.36. The molecule has 1 aromatic carbocycles. The molecular formula is C13H20N2O4S. The van der Waals surface area contributed by atoms with Crippen molar-refractivity contribution in [3.8, 4) is 0 Å². The Labute approximate surface area is 119 Å². The van der Waals surface area contributed by atoms with E-state index < -0.39 is 10.1 Å². The van der Waals surface area contributed by atoms with Crippen molar-refractivity contribution in [2.24, 2.45) is 0 Å². The number of nitrogens with one attached hydrogen (secondary N) is 1. The maximum atomic E-state index is 10.9. The number of morpholine rings is 1. The summed E-state index contributed by atoms with van der Waals surface area (Å²) < 4.78 is 36.0. The van der Waals surface area contributed by atoms with Crippen molar-refractivity contribution >= 4 is 15.8 Å². The van der Waals surface area contributed by atoms with Crippen LogP contribution in [0.3, 0.4) is 0 Å². The minimum atomic E-state index is -4.11. The molecule has 20 heavy (non-hydrogen) atoms. The summed E-state index contributed by atoms with van der Waals surface area (Å²) in [4.78, 5) is 2.28. The lowest BCUT2D eigenvalue weighted by Gasteiger charge is -2.26. The van der Waals surface area contributed by atoms with Crippen molar-refractivity contribution in [1.82, 2.24) is 4.90 Å². The Morgan fingerprint density at radius 3 is 2.45 bits per heavy atom. The minimum Gasteiger partial charge on any atom is -0.385 e. The number of ether oxygens (including phenoxy) is 1. The maximum absolute atomic E-state index is 10.9. The summed E-state index contributed by atoms with van der Waals surface area (Å²) in [5, 5.41) is 3.23. The van der Waals surface area contributed by atoms with Crippen LogP contribution >= 0.6 is 0 Å². The van der Waals surface area contributed by atoms with Crippen LogP contribution in [0.15, 0.2) is 29.2 Å². The highest BCUT2D eigenvalue weighted by Crippen LogP contribution is 2.13. The van der Waals surface area contributed by atoms with Crippen LogP contribution in [0.1, 0.15) is 6.42 Å². The van der Waals surface area contributed by atoms with Crippen LogP contribution in [0, 0.1) is 0 Å². The third kappa shape index (κ3) is 4.75. The third-order valence-electron chi connectivity index (χ3n) is 3.24. The van der Waals surface area contributed by atoms with Gasteiger partial charge in [-0.25, -0.2) is 0 Å². The fourth-order valence-corrected chi connectivity index (χ4v) is 2.58. The smallest absolute Gasteiger partial charge is 0.294 e. The zero-order valence-electron chi connectivity index (χ0n) is 11.3. The van der Waals surface area contributed by atoms with Crippen LogP contribution in [-0.4, -0.2) is 57.3 Å². The highest BCUT2D eigenvalue weighted by atomic mass is 32.2.